The number of aryl methyl sites for hydroxylation is 1. The maximum absolute atomic E-state index is 5.18. The molecule has 0 spiro atoms. The van der Waals surface area contributed by atoms with Gasteiger partial charge in [-0.05, 0) is 43.5 Å². The molecule has 0 saturated carbocycles. The first-order valence-electron chi connectivity index (χ1n) is 7.05. The molecule has 0 aliphatic heterocycles. The van der Waals surface area contributed by atoms with Crippen molar-refractivity contribution in [2.75, 3.05) is 14.2 Å². The lowest BCUT2D eigenvalue weighted by atomic mass is 9.90. The minimum Gasteiger partial charge on any atom is -0.497 e. The molecule has 1 rings (SSSR count). The molecule has 0 radical (unpaired) electrons. The Hall–Kier alpha value is -1.02. The van der Waals surface area contributed by atoms with E-state index in [1.807, 2.05) is 12.1 Å². The third-order valence-electron chi connectivity index (χ3n) is 3.89. The van der Waals surface area contributed by atoms with Crippen molar-refractivity contribution in [3.63, 3.8) is 0 Å². The number of hydrogen-bond donors (Lipinski definition) is 1. The standard InChI is InChI=1S/C16H27NO/c1-5-14(6-2)16(17-3)12-9-13-7-10-15(18-4)11-8-13/h7-8,10-11,14,16-17H,5-6,9,12H2,1-4H3. The fourth-order valence-electron chi connectivity index (χ4n) is 2.59. The van der Waals surface area contributed by atoms with Crippen molar-refractivity contribution in [2.45, 2.75) is 45.6 Å². The average molecular weight is 249 g/mol. The third kappa shape index (κ3) is 4.34. The van der Waals surface area contributed by atoms with Gasteiger partial charge in [-0.25, -0.2) is 0 Å². The summed E-state index contributed by atoms with van der Waals surface area (Å²) in [5, 5.41) is 3.47. The Bertz CT molecular complexity index is 316. The van der Waals surface area contributed by atoms with Crippen molar-refractivity contribution in [1.29, 1.82) is 0 Å². The number of nitrogens with one attached hydrogen (secondary N) is 1. The lowest BCUT2D eigenvalue weighted by Crippen LogP contribution is -2.33. The molecule has 0 saturated heterocycles. The topological polar surface area (TPSA) is 21.3 Å². The lowest BCUT2D eigenvalue weighted by molar-refractivity contribution is 0.334. The van der Waals surface area contributed by atoms with E-state index in [-0.39, 0.29) is 0 Å². The van der Waals surface area contributed by atoms with Crippen molar-refractivity contribution in [2.24, 2.45) is 5.92 Å². The van der Waals surface area contributed by atoms with Crippen molar-refractivity contribution < 1.29 is 4.74 Å². The predicted octanol–water partition coefficient (Wildman–Crippen LogP) is 3.65. The fraction of sp³-hybridized carbons (Fsp3) is 0.625. The molecule has 102 valence electrons. The highest BCUT2D eigenvalue weighted by Crippen LogP contribution is 2.19. The van der Waals surface area contributed by atoms with Crippen LogP contribution in [0.3, 0.4) is 0 Å². The van der Waals surface area contributed by atoms with Gasteiger partial charge < -0.3 is 10.1 Å². The molecule has 1 unspecified atom stereocenters. The zero-order chi connectivity index (χ0) is 13.4. The van der Waals surface area contributed by atoms with Crippen LogP contribution >= 0.6 is 0 Å². The Kier molecular flexibility index (Phi) is 6.81. The maximum atomic E-state index is 5.18. The summed E-state index contributed by atoms with van der Waals surface area (Å²) in [5.41, 5.74) is 1.39. The molecule has 2 nitrogen and oxygen atoms in total. The molecule has 0 fully saturated rings. The van der Waals surface area contributed by atoms with Crippen LogP contribution in [0.5, 0.6) is 5.75 Å². The van der Waals surface area contributed by atoms with Gasteiger partial charge in [0.15, 0.2) is 0 Å². The Morgan fingerprint density at radius 2 is 1.72 bits per heavy atom. The number of benzene rings is 1. The van der Waals surface area contributed by atoms with Crippen LogP contribution in [0.1, 0.15) is 38.7 Å². The zero-order valence-corrected chi connectivity index (χ0v) is 12.2. The van der Waals surface area contributed by atoms with Crippen molar-refractivity contribution in [1.82, 2.24) is 5.32 Å². The zero-order valence-electron chi connectivity index (χ0n) is 12.2. The van der Waals surface area contributed by atoms with Gasteiger partial charge in [0.25, 0.3) is 0 Å². The molecule has 1 N–H and O–H groups in total. The number of hydrogen-bond acceptors (Lipinski definition) is 2. The van der Waals surface area contributed by atoms with E-state index in [4.69, 9.17) is 4.74 Å². The van der Waals surface area contributed by atoms with Gasteiger partial charge in [0, 0.05) is 6.04 Å². The Morgan fingerprint density at radius 1 is 1.11 bits per heavy atom. The van der Waals surface area contributed by atoms with Crippen LogP contribution in [-0.4, -0.2) is 20.2 Å². The normalized spacial score (nSPS) is 12.7. The first kappa shape index (κ1) is 15.0. The first-order valence-corrected chi connectivity index (χ1v) is 7.05. The molecular formula is C16H27NO. The summed E-state index contributed by atoms with van der Waals surface area (Å²) >= 11 is 0. The van der Waals surface area contributed by atoms with E-state index >= 15 is 0 Å². The molecule has 1 aromatic carbocycles. The Morgan fingerprint density at radius 3 is 2.17 bits per heavy atom. The third-order valence-corrected chi connectivity index (χ3v) is 3.89. The van der Waals surface area contributed by atoms with Crippen molar-refractivity contribution in [3.05, 3.63) is 29.8 Å². The molecule has 18 heavy (non-hydrogen) atoms. The molecule has 0 aliphatic rings. The van der Waals surface area contributed by atoms with Gasteiger partial charge in [-0.3, -0.25) is 0 Å². The summed E-state index contributed by atoms with van der Waals surface area (Å²) in [4.78, 5) is 0. The molecule has 1 atom stereocenters. The van der Waals surface area contributed by atoms with Gasteiger partial charge in [-0.15, -0.1) is 0 Å². The highest BCUT2D eigenvalue weighted by Gasteiger charge is 2.16. The van der Waals surface area contributed by atoms with Gasteiger partial charge in [0.1, 0.15) is 5.75 Å². The summed E-state index contributed by atoms with van der Waals surface area (Å²) in [7, 11) is 3.79. The van der Waals surface area contributed by atoms with E-state index in [1.54, 1.807) is 7.11 Å². The Balaban J connectivity index is 2.51. The second-order valence-corrected chi connectivity index (χ2v) is 4.86. The van der Waals surface area contributed by atoms with Crippen molar-refractivity contribution in [3.8, 4) is 5.75 Å². The van der Waals surface area contributed by atoms with Crippen LogP contribution in [0.2, 0.25) is 0 Å². The molecule has 0 bridgehead atoms. The highest BCUT2D eigenvalue weighted by molar-refractivity contribution is 5.27. The summed E-state index contributed by atoms with van der Waals surface area (Å²) in [6.07, 6.45) is 4.84. The van der Waals surface area contributed by atoms with Gasteiger partial charge in [-0.2, -0.15) is 0 Å². The van der Waals surface area contributed by atoms with Crippen LogP contribution in [-0.2, 0) is 6.42 Å². The van der Waals surface area contributed by atoms with E-state index in [0.29, 0.717) is 6.04 Å². The Labute approximate surface area is 112 Å². The summed E-state index contributed by atoms with van der Waals surface area (Å²) in [6.45, 7) is 4.57. The van der Waals surface area contributed by atoms with Gasteiger partial charge >= 0.3 is 0 Å². The fourth-order valence-corrected chi connectivity index (χ4v) is 2.59. The SMILES string of the molecule is CCC(CC)C(CCc1ccc(OC)cc1)NC. The molecule has 2 heteroatoms. The van der Waals surface area contributed by atoms with E-state index in [1.165, 1.54) is 24.8 Å². The monoisotopic (exact) mass is 249 g/mol. The molecule has 0 aliphatic carbocycles. The molecular weight excluding hydrogens is 222 g/mol. The molecule has 0 amide bonds. The highest BCUT2D eigenvalue weighted by atomic mass is 16.5. The van der Waals surface area contributed by atoms with Crippen LogP contribution in [0.4, 0.5) is 0 Å². The van der Waals surface area contributed by atoms with E-state index in [2.05, 4.69) is 38.3 Å². The predicted molar refractivity (Wildman–Crippen MR) is 78.2 cm³/mol. The van der Waals surface area contributed by atoms with Crippen LogP contribution < -0.4 is 10.1 Å². The number of rotatable bonds is 8. The minimum atomic E-state index is 0.627. The minimum absolute atomic E-state index is 0.627. The number of methoxy groups -OCH3 is 1. The summed E-state index contributed by atoms with van der Waals surface area (Å²) < 4.78 is 5.18. The van der Waals surface area contributed by atoms with Crippen LogP contribution in [0, 0.1) is 5.92 Å². The first-order chi connectivity index (χ1) is 8.74. The summed E-state index contributed by atoms with van der Waals surface area (Å²) in [6, 6.07) is 9.04. The van der Waals surface area contributed by atoms with Gasteiger partial charge in [-0.1, -0.05) is 38.8 Å². The molecule has 1 aromatic rings. The summed E-state index contributed by atoms with van der Waals surface area (Å²) in [5.74, 6) is 1.72. The van der Waals surface area contributed by atoms with E-state index in [0.717, 1.165) is 18.1 Å². The largest absolute Gasteiger partial charge is 0.497 e. The van der Waals surface area contributed by atoms with Gasteiger partial charge in [0.2, 0.25) is 0 Å². The average Bonchev–Trinajstić information content (AvgIpc) is 2.44. The van der Waals surface area contributed by atoms with Gasteiger partial charge in [0.05, 0.1) is 7.11 Å². The quantitative estimate of drug-likeness (QED) is 0.759. The van der Waals surface area contributed by atoms with Crippen LogP contribution in [0.15, 0.2) is 24.3 Å². The van der Waals surface area contributed by atoms with Crippen LogP contribution in [0.25, 0.3) is 0 Å². The van der Waals surface area contributed by atoms with E-state index in [9.17, 15) is 0 Å². The molecule has 0 aromatic heterocycles. The lowest BCUT2D eigenvalue weighted by Gasteiger charge is -2.25. The van der Waals surface area contributed by atoms with E-state index < -0.39 is 0 Å². The second-order valence-electron chi connectivity index (χ2n) is 4.86. The number of ether oxygens (including phenoxy) is 1. The molecule has 0 heterocycles. The second kappa shape index (κ2) is 8.15. The van der Waals surface area contributed by atoms with Crippen molar-refractivity contribution >= 4 is 0 Å². The maximum Gasteiger partial charge on any atom is 0.118 e. The smallest absolute Gasteiger partial charge is 0.118 e.